The van der Waals surface area contributed by atoms with E-state index < -0.39 is 11.7 Å². The number of hydrogen-bond donors (Lipinski definition) is 3. The molecule has 0 saturated heterocycles. The number of halogens is 1. The SMILES string of the molecule is Cc1cnc(CNC(=O)c2cccc(F)c2NN)s1. The number of nitrogens with zero attached hydrogens (tertiary/aromatic N) is 1. The van der Waals surface area contributed by atoms with Gasteiger partial charge in [-0.3, -0.25) is 10.6 Å². The lowest BCUT2D eigenvalue weighted by Crippen LogP contribution is -2.25. The number of carbonyl (C=O) groups excluding carboxylic acids is 1. The van der Waals surface area contributed by atoms with Crippen molar-refractivity contribution in [2.75, 3.05) is 5.43 Å². The predicted octanol–water partition coefficient (Wildman–Crippen LogP) is 1.81. The van der Waals surface area contributed by atoms with Crippen LogP contribution in [0.15, 0.2) is 24.4 Å². The van der Waals surface area contributed by atoms with E-state index in [1.807, 2.05) is 6.92 Å². The minimum atomic E-state index is -0.569. The maximum absolute atomic E-state index is 13.4. The van der Waals surface area contributed by atoms with Gasteiger partial charge in [-0.1, -0.05) is 6.07 Å². The lowest BCUT2D eigenvalue weighted by Gasteiger charge is -2.09. The van der Waals surface area contributed by atoms with Gasteiger partial charge in [0.25, 0.3) is 5.91 Å². The van der Waals surface area contributed by atoms with Crippen molar-refractivity contribution in [2.24, 2.45) is 5.84 Å². The van der Waals surface area contributed by atoms with Crippen LogP contribution in [0.3, 0.4) is 0 Å². The Labute approximate surface area is 113 Å². The molecule has 5 nitrogen and oxygen atoms in total. The van der Waals surface area contributed by atoms with Crippen LogP contribution in [0, 0.1) is 12.7 Å². The molecule has 0 aliphatic rings. The van der Waals surface area contributed by atoms with Gasteiger partial charge < -0.3 is 10.7 Å². The first-order valence-corrected chi connectivity index (χ1v) is 6.38. The second-order valence-electron chi connectivity index (χ2n) is 3.85. The average Bonchev–Trinajstić information content (AvgIpc) is 2.81. The standard InChI is InChI=1S/C12H13FN4OS/c1-7-5-15-10(19-7)6-16-12(18)8-3-2-4-9(13)11(8)17-14/h2-5,17H,6,14H2,1H3,(H,16,18). The minimum Gasteiger partial charge on any atom is -0.345 e. The molecule has 2 rings (SSSR count). The first-order valence-electron chi connectivity index (χ1n) is 5.56. The summed E-state index contributed by atoms with van der Waals surface area (Å²) in [6.45, 7) is 2.24. The third-order valence-electron chi connectivity index (χ3n) is 2.47. The maximum Gasteiger partial charge on any atom is 0.253 e. The van der Waals surface area contributed by atoms with E-state index in [1.165, 1.54) is 29.5 Å². The summed E-state index contributed by atoms with van der Waals surface area (Å²) in [6, 6.07) is 4.19. The molecule has 0 aliphatic carbocycles. The molecule has 1 aromatic carbocycles. The van der Waals surface area contributed by atoms with Gasteiger partial charge >= 0.3 is 0 Å². The van der Waals surface area contributed by atoms with Gasteiger partial charge in [-0.2, -0.15) is 0 Å². The number of thiazole rings is 1. The van der Waals surface area contributed by atoms with Crippen LogP contribution >= 0.6 is 11.3 Å². The van der Waals surface area contributed by atoms with E-state index in [4.69, 9.17) is 5.84 Å². The molecule has 0 saturated carbocycles. The molecule has 1 heterocycles. The van der Waals surface area contributed by atoms with Crippen molar-refractivity contribution >= 4 is 22.9 Å². The number of anilines is 1. The number of nitrogens with one attached hydrogen (secondary N) is 2. The lowest BCUT2D eigenvalue weighted by molar-refractivity contribution is 0.0951. The quantitative estimate of drug-likeness (QED) is 0.589. The van der Waals surface area contributed by atoms with Crippen molar-refractivity contribution in [3.05, 3.63) is 45.7 Å². The largest absolute Gasteiger partial charge is 0.345 e. The monoisotopic (exact) mass is 280 g/mol. The Bertz CT molecular complexity index is 599. The zero-order valence-corrected chi connectivity index (χ0v) is 11.1. The van der Waals surface area contributed by atoms with Gasteiger partial charge in [0.2, 0.25) is 0 Å². The first kappa shape index (κ1) is 13.4. The van der Waals surface area contributed by atoms with Crippen molar-refractivity contribution < 1.29 is 9.18 Å². The third kappa shape index (κ3) is 3.07. The molecule has 1 amide bonds. The Hall–Kier alpha value is -1.99. The number of rotatable bonds is 4. The molecule has 0 atom stereocenters. The molecule has 0 aliphatic heterocycles. The molecule has 2 aromatic rings. The number of aromatic nitrogens is 1. The summed E-state index contributed by atoms with van der Waals surface area (Å²) in [5.41, 5.74) is 2.34. The van der Waals surface area contributed by atoms with Crippen molar-refractivity contribution in [2.45, 2.75) is 13.5 Å². The number of amides is 1. The second-order valence-corrected chi connectivity index (χ2v) is 5.17. The Balaban J connectivity index is 2.10. The number of hydrazine groups is 1. The molecule has 100 valence electrons. The number of carbonyl (C=O) groups is 1. The van der Waals surface area contributed by atoms with Crippen LogP contribution in [0.25, 0.3) is 0 Å². The highest BCUT2D eigenvalue weighted by Crippen LogP contribution is 2.18. The van der Waals surface area contributed by atoms with Gasteiger partial charge in [0.05, 0.1) is 17.8 Å². The van der Waals surface area contributed by atoms with Crippen LogP contribution in [0.2, 0.25) is 0 Å². The summed E-state index contributed by atoms with van der Waals surface area (Å²) >= 11 is 1.50. The number of nitrogens with two attached hydrogens (primary N) is 1. The summed E-state index contributed by atoms with van der Waals surface area (Å²) in [7, 11) is 0. The summed E-state index contributed by atoms with van der Waals surface area (Å²) in [6.07, 6.45) is 1.74. The van der Waals surface area contributed by atoms with Gasteiger partial charge in [-0.25, -0.2) is 9.37 Å². The van der Waals surface area contributed by atoms with Gasteiger partial charge in [-0.05, 0) is 19.1 Å². The third-order valence-corrected chi connectivity index (χ3v) is 3.38. The fourth-order valence-electron chi connectivity index (χ4n) is 1.59. The normalized spacial score (nSPS) is 10.3. The van der Waals surface area contributed by atoms with Crippen LogP contribution in [0.4, 0.5) is 10.1 Å². The van der Waals surface area contributed by atoms with Crippen molar-refractivity contribution in [3.63, 3.8) is 0 Å². The Morgan fingerprint density at radius 1 is 1.53 bits per heavy atom. The molecule has 7 heteroatoms. The molecule has 0 unspecified atom stereocenters. The van der Waals surface area contributed by atoms with Crippen molar-refractivity contribution in [1.82, 2.24) is 10.3 Å². The number of hydrogen-bond acceptors (Lipinski definition) is 5. The maximum atomic E-state index is 13.4. The van der Waals surface area contributed by atoms with E-state index in [9.17, 15) is 9.18 Å². The smallest absolute Gasteiger partial charge is 0.253 e. The van der Waals surface area contributed by atoms with E-state index >= 15 is 0 Å². The summed E-state index contributed by atoms with van der Waals surface area (Å²) in [5.74, 6) is 4.25. The minimum absolute atomic E-state index is 0.0182. The second kappa shape index (κ2) is 5.77. The molecule has 0 spiro atoms. The topological polar surface area (TPSA) is 80.0 Å². The van der Waals surface area contributed by atoms with E-state index in [0.29, 0.717) is 6.54 Å². The summed E-state index contributed by atoms with van der Waals surface area (Å²) in [5, 5.41) is 3.47. The molecule has 19 heavy (non-hydrogen) atoms. The Morgan fingerprint density at radius 3 is 2.95 bits per heavy atom. The van der Waals surface area contributed by atoms with Crippen molar-refractivity contribution in [1.29, 1.82) is 0 Å². The Morgan fingerprint density at radius 2 is 2.32 bits per heavy atom. The zero-order valence-electron chi connectivity index (χ0n) is 10.2. The van der Waals surface area contributed by atoms with E-state index in [0.717, 1.165) is 9.88 Å². The number of benzene rings is 1. The molecule has 0 radical (unpaired) electrons. The lowest BCUT2D eigenvalue weighted by atomic mass is 10.1. The van der Waals surface area contributed by atoms with E-state index in [1.54, 1.807) is 6.20 Å². The fourth-order valence-corrected chi connectivity index (χ4v) is 2.32. The Kier molecular flexibility index (Phi) is 4.08. The summed E-state index contributed by atoms with van der Waals surface area (Å²) < 4.78 is 13.4. The van der Waals surface area contributed by atoms with E-state index in [2.05, 4.69) is 15.7 Å². The van der Waals surface area contributed by atoms with Gasteiger partial charge in [0.1, 0.15) is 10.8 Å². The van der Waals surface area contributed by atoms with Crippen molar-refractivity contribution in [3.8, 4) is 0 Å². The van der Waals surface area contributed by atoms with Crippen LogP contribution in [-0.2, 0) is 6.54 Å². The summed E-state index contributed by atoms with van der Waals surface area (Å²) in [4.78, 5) is 17.2. The van der Waals surface area contributed by atoms with Crippen LogP contribution in [0.5, 0.6) is 0 Å². The molecule has 0 fully saturated rings. The predicted molar refractivity (Wildman–Crippen MR) is 72.2 cm³/mol. The first-order chi connectivity index (χ1) is 9.11. The van der Waals surface area contributed by atoms with Gasteiger partial charge in [0.15, 0.2) is 0 Å². The number of para-hydroxylation sites is 1. The highest BCUT2D eigenvalue weighted by atomic mass is 32.1. The zero-order chi connectivity index (χ0) is 13.8. The number of nitrogen functional groups attached to an aromatic ring is 1. The highest BCUT2D eigenvalue weighted by Gasteiger charge is 2.14. The van der Waals surface area contributed by atoms with Gasteiger partial charge in [-0.15, -0.1) is 11.3 Å². The van der Waals surface area contributed by atoms with Crippen LogP contribution in [0.1, 0.15) is 20.2 Å². The molecule has 1 aromatic heterocycles. The van der Waals surface area contributed by atoms with Crippen LogP contribution in [-0.4, -0.2) is 10.9 Å². The van der Waals surface area contributed by atoms with E-state index in [-0.39, 0.29) is 11.3 Å². The fraction of sp³-hybridized carbons (Fsp3) is 0.167. The van der Waals surface area contributed by atoms with Gasteiger partial charge in [0, 0.05) is 11.1 Å². The number of aryl methyl sites for hydroxylation is 1. The molecular formula is C12H13FN4OS. The van der Waals surface area contributed by atoms with Crippen LogP contribution < -0.4 is 16.6 Å². The molecule has 0 bridgehead atoms. The molecule has 4 N–H and O–H groups in total. The highest BCUT2D eigenvalue weighted by molar-refractivity contribution is 7.11. The molecular weight excluding hydrogens is 267 g/mol. The average molecular weight is 280 g/mol.